The van der Waals surface area contributed by atoms with E-state index in [2.05, 4.69) is 4.98 Å². The van der Waals surface area contributed by atoms with Crippen LogP contribution in [-0.4, -0.2) is 40.0 Å². The molecule has 1 aliphatic rings. The number of aromatic nitrogens is 1. The van der Waals surface area contributed by atoms with Crippen LogP contribution >= 0.6 is 22.9 Å². The summed E-state index contributed by atoms with van der Waals surface area (Å²) >= 11 is 7.56. The van der Waals surface area contributed by atoms with E-state index in [4.69, 9.17) is 11.6 Å². The predicted molar refractivity (Wildman–Crippen MR) is 93.4 cm³/mol. The first-order valence-corrected chi connectivity index (χ1v) is 8.95. The number of nitrogens with zero attached hydrogens (tertiary/aromatic N) is 2. The minimum atomic E-state index is -0.788. The number of halogens is 1. The number of likely N-dealkylation sites (tertiary alicyclic amines) is 1. The van der Waals surface area contributed by atoms with Crippen molar-refractivity contribution in [1.29, 1.82) is 0 Å². The molecule has 5 nitrogen and oxygen atoms in total. The van der Waals surface area contributed by atoms with Gasteiger partial charge in [0, 0.05) is 24.0 Å². The van der Waals surface area contributed by atoms with E-state index >= 15 is 0 Å². The number of aliphatic carboxylic acids is 1. The highest BCUT2D eigenvalue weighted by molar-refractivity contribution is 7.13. The Balaban J connectivity index is 1.75. The third kappa shape index (κ3) is 3.30. The van der Waals surface area contributed by atoms with Crippen LogP contribution in [0.15, 0.2) is 29.6 Å². The largest absolute Gasteiger partial charge is 0.481 e. The Kier molecular flexibility index (Phi) is 4.87. The highest BCUT2D eigenvalue weighted by Gasteiger charge is 2.33. The minimum absolute atomic E-state index is 0.0677. The van der Waals surface area contributed by atoms with Gasteiger partial charge in [-0.15, -0.1) is 11.3 Å². The van der Waals surface area contributed by atoms with Crippen molar-refractivity contribution in [3.63, 3.8) is 0 Å². The fourth-order valence-electron chi connectivity index (χ4n) is 2.99. The third-order valence-corrected chi connectivity index (χ3v) is 5.54. The first-order chi connectivity index (χ1) is 11.5. The number of carboxylic acids is 1. The van der Waals surface area contributed by atoms with E-state index in [0.29, 0.717) is 35.2 Å². The lowest BCUT2D eigenvalue weighted by atomic mass is 9.87. The Morgan fingerprint density at radius 3 is 2.79 bits per heavy atom. The molecule has 1 amide bonds. The Morgan fingerprint density at radius 1 is 1.38 bits per heavy atom. The standard InChI is InChI=1S/C17H17ClN2O3S/c1-10-8-20(7-6-11(10)17(22)23)16(21)14-9-24-15(19-14)12-4-2-3-5-13(12)18/h2-5,9-11H,6-8H2,1H3,(H,22,23). The molecule has 24 heavy (non-hydrogen) atoms. The molecule has 0 radical (unpaired) electrons. The number of piperidine rings is 1. The van der Waals surface area contributed by atoms with Gasteiger partial charge in [-0.25, -0.2) is 4.98 Å². The van der Waals surface area contributed by atoms with Gasteiger partial charge in [0.15, 0.2) is 0 Å². The molecule has 2 unspecified atom stereocenters. The summed E-state index contributed by atoms with van der Waals surface area (Å²) in [5, 5.41) is 12.2. The highest BCUT2D eigenvalue weighted by atomic mass is 35.5. The zero-order chi connectivity index (χ0) is 17.3. The molecule has 7 heteroatoms. The number of hydrogen-bond donors (Lipinski definition) is 1. The van der Waals surface area contributed by atoms with Crippen LogP contribution in [0.4, 0.5) is 0 Å². The summed E-state index contributed by atoms with van der Waals surface area (Å²) in [7, 11) is 0. The van der Waals surface area contributed by atoms with Gasteiger partial charge in [0.25, 0.3) is 5.91 Å². The quantitative estimate of drug-likeness (QED) is 0.902. The average Bonchev–Trinajstić information content (AvgIpc) is 3.03. The van der Waals surface area contributed by atoms with Gasteiger partial charge in [-0.2, -0.15) is 0 Å². The van der Waals surface area contributed by atoms with Crippen molar-refractivity contribution in [2.75, 3.05) is 13.1 Å². The SMILES string of the molecule is CC1CN(C(=O)c2csc(-c3ccccc3Cl)n2)CCC1C(=O)O. The fourth-order valence-corrected chi connectivity index (χ4v) is 4.10. The van der Waals surface area contributed by atoms with Crippen LogP contribution in [0, 0.1) is 11.8 Å². The van der Waals surface area contributed by atoms with E-state index in [-0.39, 0.29) is 17.7 Å². The lowest BCUT2D eigenvalue weighted by Crippen LogP contribution is -2.45. The van der Waals surface area contributed by atoms with Crippen molar-refractivity contribution in [2.45, 2.75) is 13.3 Å². The molecule has 1 aromatic carbocycles. The van der Waals surface area contributed by atoms with Gasteiger partial charge < -0.3 is 10.0 Å². The number of benzene rings is 1. The summed E-state index contributed by atoms with van der Waals surface area (Å²) in [4.78, 5) is 29.9. The lowest BCUT2D eigenvalue weighted by Gasteiger charge is -2.34. The molecule has 3 rings (SSSR count). The molecule has 0 saturated carbocycles. The van der Waals surface area contributed by atoms with Crippen molar-refractivity contribution in [3.8, 4) is 10.6 Å². The van der Waals surface area contributed by atoms with Gasteiger partial charge in [-0.05, 0) is 18.4 Å². The van der Waals surface area contributed by atoms with Crippen LogP contribution in [0.2, 0.25) is 5.02 Å². The molecule has 0 aliphatic carbocycles. The number of rotatable bonds is 3. The summed E-state index contributed by atoms with van der Waals surface area (Å²) in [6.07, 6.45) is 0.476. The Labute approximate surface area is 148 Å². The smallest absolute Gasteiger partial charge is 0.306 e. The van der Waals surface area contributed by atoms with Gasteiger partial charge in [0.05, 0.1) is 10.9 Å². The van der Waals surface area contributed by atoms with Crippen molar-refractivity contribution < 1.29 is 14.7 Å². The molecule has 1 aromatic heterocycles. The number of carboxylic acid groups (broad SMARTS) is 1. The number of carbonyl (C=O) groups is 2. The molecule has 0 bridgehead atoms. The number of thiazole rings is 1. The Bertz CT molecular complexity index is 777. The van der Waals surface area contributed by atoms with Gasteiger partial charge >= 0.3 is 5.97 Å². The molecule has 1 N–H and O–H groups in total. The molecule has 1 fully saturated rings. The second-order valence-corrected chi connectivity index (χ2v) is 7.24. The van der Waals surface area contributed by atoms with E-state index in [1.54, 1.807) is 16.3 Å². The molecule has 2 atom stereocenters. The predicted octanol–water partition coefficient (Wildman–Crippen LogP) is 3.65. The third-order valence-electron chi connectivity index (χ3n) is 4.34. The number of amides is 1. The van der Waals surface area contributed by atoms with Crippen LogP contribution in [0.25, 0.3) is 10.6 Å². The molecular weight excluding hydrogens is 348 g/mol. The molecule has 1 aliphatic heterocycles. The average molecular weight is 365 g/mol. The van der Waals surface area contributed by atoms with Crippen molar-refractivity contribution in [1.82, 2.24) is 9.88 Å². The maximum atomic E-state index is 12.6. The molecule has 0 spiro atoms. The fraction of sp³-hybridized carbons (Fsp3) is 0.353. The van der Waals surface area contributed by atoms with Crippen LogP contribution in [-0.2, 0) is 4.79 Å². The minimum Gasteiger partial charge on any atom is -0.481 e. The summed E-state index contributed by atoms with van der Waals surface area (Å²) in [5.41, 5.74) is 1.19. The maximum absolute atomic E-state index is 12.6. The second-order valence-electron chi connectivity index (χ2n) is 5.98. The lowest BCUT2D eigenvalue weighted by molar-refractivity contribution is -0.145. The molecule has 1 saturated heterocycles. The normalized spacial score (nSPS) is 20.8. The summed E-state index contributed by atoms with van der Waals surface area (Å²) in [5.74, 6) is -1.39. The van der Waals surface area contributed by atoms with E-state index in [1.165, 1.54) is 11.3 Å². The van der Waals surface area contributed by atoms with Crippen LogP contribution in [0.3, 0.4) is 0 Å². The van der Waals surface area contributed by atoms with E-state index in [9.17, 15) is 14.7 Å². The highest BCUT2D eigenvalue weighted by Crippen LogP contribution is 2.31. The molecule has 2 heterocycles. The van der Waals surface area contributed by atoms with Crippen LogP contribution < -0.4 is 0 Å². The van der Waals surface area contributed by atoms with Gasteiger partial charge in [0.1, 0.15) is 10.7 Å². The number of carbonyl (C=O) groups excluding carboxylic acids is 1. The second kappa shape index (κ2) is 6.91. The zero-order valence-electron chi connectivity index (χ0n) is 13.1. The van der Waals surface area contributed by atoms with E-state index in [1.807, 2.05) is 25.1 Å². The molecule has 2 aromatic rings. The van der Waals surface area contributed by atoms with Crippen LogP contribution in [0.1, 0.15) is 23.8 Å². The topological polar surface area (TPSA) is 70.5 Å². The van der Waals surface area contributed by atoms with E-state index in [0.717, 1.165) is 5.56 Å². The van der Waals surface area contributed by atoms with Gasteiger partial charge in [-0.1, -0.05) is 36.7 Å². The monoisotopic (exact) mass is 364 g/mol. The maximum Gasteiger partial charge on any atom is 0.306 e. The van der Waals surface area contributed by atoms with Crippen molar-refractivity contribution in [2.24, 2.45) is 11.8 Å². The summed E-state index contributed by atoms with van der Waals surface area (Å²) in [6.45, 7) is 2.75. The van der Waals surface area contributed by atoms with Crippen molar-refractivity contribution >= 4 is 34.8 Å². The first-order valence-electron chi connectivity index (χ1n) is 7.70. The zero-order valence-corrected chi connectivity index (χ0v) is 14.7. The van der Waals surface area contributed by atoms with Gasteiger partial charge in [0.2, 0.25) is 0 Å². The molecular formula is C17H17ClN2O3S. The Hall–Kier alpha value is -1.92. The summed E-state index contributed by atoms with van der Waals surface area (Å²) in [6, 6.07) is 7.38. The van der Waals surface area contributed by atoms with Crippen molar-refractivity contribution in [3.05, 3.63) is 40.4 Å². The van der Waals surface area contributed by atoms with Gasteiger partial charge in [-0.3, -0.25) is 9.59 Å². The Morgan fingerprint density at radius 2 is 2.12 bits per heavy atom. The van der Waals surface area contributed by atoms with E-state index < -0.39 is 5.97 Å². The molecule has 126 valence electrons. The summed E-state index contributed by atoms with van der Waals surface area (Å²) < 4.78 is 0. The van der Waals surface area contributed by atoms with Crippen LogP contribution in [0.5, 0.6) is 0 Å². The first kappa shape index (κ1) is 16.9. The number of hydrogen-bond acceptors (Lipinski definition) is 4.